The van der Waals surface area contributed by atoms with Gasteiger partial charge in [-0.15, -0.1) is 0 Å². The van der Waals surface area contributed by atoms with Crippen LogP contribution < -0.4 is 11.1 Å². The second-order valence-electron chi connectivity index (χ2n) is 5.22. The molecule has 0 aromatic rings. The lowest BCUT2D eigenvalue weighted by Gasteiger charge is -2.44. The average Bonchev–Trinajstić information content (AvgIpc) is 2.35. The normalized spacial score (nSPS) is 19.2. The molecule has 1 amide bonds. The van der Waals surface area contributed by atoms with Crippen LogP contribution in [0.5, 0.6) is 0 Å². The van der Waals surface area contributed by atoms with E-state index in [1.54, 1.807) is 0 Å². The maximum absolute atomic E-state index is 12.5. The minimum atomic E-state index is -0.882. The SMILES string of the molecule is CCC1(NC(=O)C(CC)(CC)C(N)=NO)CCC1. The summed E-state index contributed by atoms with van der Waals surface area (Å²) in [7, 11) is 0. The lowest BCUT2D eigenvalue weighted by molar-refractivity contribution is -0.131. The number of amides is 1. The van der Waals surface area contributed by atoms with E-state index in [-0.39, 0.29) is 17.3 Å². The summed E-state index contributed by atoms with van der Waals surface area (Å²) in [4.78, 5) is 12.5. The van der Waals surface area contributed by atoms with Crippen LogP contribution in [0, 0.1) is 5.41 Å². The van der Waals surface area contributed by atoms with Crippen molar-refractivity contribution >= 4 is 11.7 Å². The molecule has 5 nitrogen and oxygen atoms in total. The Balaban J connectivity index is 2.90. The standard InChI is InChI=1S/C13H25N3O2/c1-4-12(8-7-9-12)15-11(17)13(5-2,6-3)10(14)16-18/h18H,4-9H2,1-3H3,(H2,14,16)(H,15,17). The van der Waals surface area contributed by atoms with E-state index in [1.165, 1.54) is 0 Å². The Kier molecular flexibility index (Phi) is 4.59. The molecule has 0 unspecified atom stereocenters. The predicted octanol–water partition coefficient (Wildman–Crippen LogP) is 1.99. The summed E-state index contributed by atoms with van der Waals surface area (Å²) >= 11 is 0. The second-order valence-corrected chi connectivity index (χ2v) is 5.22. The highest BCUT2D eigenvalue weighted by Crippen LogP contribution is 2.37. The minimum Gasteiger partial charge on any atom is -0.409 e. The number of amidine groups is 1. The van der Waals surface area contributed by atoms with Gasteiger partial charge in [0.15, 0.2) is 5.84 Å². The molecule has 0 atom stereocenters. The Morgan fingerprint density at radius 3 is 2.22 bits per heavy atom. The third-order valence-corrected chi connectivity index (χ3v) is 4.61. The number of nitrogens with zero attached hydrogens (tertiary/aromatic N) is 1. The summed E-state index contributed by atoms with van der Waals surface area (Å²) in [6, 6.07) is 0. The second kappa shape index (κ2) is 5.59. The molecule has 0 saturated heterocycles. The lowest BCUT2D eigenvalue weighted by Crippen LogP contribution is -2.59. The molecule has 0 aromatic carbocycles. The molecule has 0 bridgehead atoms. The molecule has 5 heteroatoms. The van der Waals surface area contributed by atoms with Crippen molar-refractivity contribution in [3.63, 3.8) is 0 Å². The van der Waals surface area contributed by atoms with Gasteiger partial charge < -0.3 is 16.3 Å². The molecule has 1 aliphatic rings. The highest BCUT2D eigenvalue weighted by atomic mass is 16.4. The molecule has 1 saturated carbocycles. The zero-order chi connectivity index (χ0) is 13.8. The quantitative estimate of drug-likeness (QED) is 0.293. The van der Waals surface area contributed by atoms with Crippen molar-refractivity contribution in [1.82, 2.24) is 5.32 Å². The summed E-state index contributed by atoms with van der Waals surface area (Å²) in [6.45, 7) is 5.86. The van der Waals surface area contributed by atoms with Crippen molar-refractivity contribution in [2.24, 2.45) is 16.3 Å². The van der Waals surface area contributed by atoms with E-state index in [1.807, 2.05) is 13.8 Å². The molecule has 104 valence electrons. The first-order valence-electron chi connectivity index (χ1n) is 6.81. The topological polar surface area (TPSA) is 87.7 Å². The summed E-state index contributed by atoms with van der Waals surface area (Å²) in [5.41, 5.74) is 4.78. The largest absolute Gasteiger partial charge is 0.409 e. The predicted molar refractivity (Wildman–Crippen MR) is 71.4 cm³/mol. The van der Waals surface area contributed by atoms with Crippen LogP contribution in [-0.4, -0.2) is 22.5 Å². The Labute approximate surface area is 109 Å². The molecule has 1 aliphatic carbocycles. The van der Waals surface area contributed by atoms with E-state index in [2.05, 4.69) is 17.4 Å². The average molecular weight is 255 g/mol. The molecular weight excluding hydrogens is 230 g/mol. The van der Waals surface area contributed by atoms with Crippen molar-refractivity contribution < 1.29 is 10.0 Å². The van der Waals surface area contributed by atoms with Gasteiger partial charge in [0, 0.05) is 5.54 Å². The maximum Gasteiger partial charge on any atom is 0.234 e. The third kappa shape index (κ3) is 2.31. The van der Waals surface area contributed by atoms with Crippen molar-refractivity contribution in [3.8, 4) is 0 Å². The van der Waals surface area contributed by atoms with E-state index < -0.39 is 5.41 Å². The Bertz CT molecular complexity index is 326. The van der Waals surface area contributed by atoms with Gasteiger partial charge in [-0.3, -0.25) is 4.79 Å². The molecule has 0 radical (unpaired) electrons. The van der Waals surface area contributed by atoms with Gasteiger partial charge in [-0.25, -0.2) is 0 Å². The van der Waals surface area contributed by atoms with Crippen LogP contribution in [0.15, 0.2) is 5.16 Å². The van der Waals surface area contributed by atoms with Crippen LogP contribution >= 0.6 is 0 Å². The fourth-order valence-electron chi connectivity index (χ4n) is 2.68. The van der Waals surface area contributed by atoms with Gasteiger partial charge in [-0.1, -0.05) is 25.9 Å². The number of rotatable bonds is 6. The molecule has 0 aliphatic heterocycles. The minimum absolute atomic E-state index is 0.00979. The first-order chi connectivity index (χ1) is 8.50. The van der Waals surface area contributed by atoms with E-state index in [0.717, 1.165) is 25.7 Å². The van der Waals surface area contributed by atoms with E-state index >= 15 is 0 Å². The number of nitrogens with two attached hydrogens (primary N) is 1. The van der Waals surface area contributed by atoms with Crippen molar-refractivity contribution in [2.75, 3.05) is 0 Å². The van der Waals surface area contributed by atoms with Crippen LogP contribution in [0.4, 0.5) is 0 Å². The number of hydrogen-bond donors (Lipinski definition) is 3. The zero-order valence-electron chi connectivity index (χ0n) is 11.6. The lowest BCUT2D eigenvalue weighted by atomic mass is 9.72. The van der Waals surface area contributed by atoms with Crippen molar-refractivity contribution in [3.05, 3.63) is 0 Å². The fraction of sp³-hybridized carbons (Fsp3) is 0.846. The molecule has 0 heterocycles. The van der Waals surface area contributed by atoms with E-state index in [9.17, 15) is 4.79 Å². The highest BCUT2D eigenvalue weighted by molar-refractivity contribution is 6.06. The summed E-state index contributed by atoms with van der Waals surface area (Å²) in [5.74, 6) is -0.0973. The van der Waals surface area contributed by atoms with Crippen LogP contribution in [0.3, 0.4) is 0 Å². The van der Waals surface area contributed by atoms with Crippen LogP contribution in [-0.2, 0) is 4.79 Å². The van der Waals surface area contributed by atoms with Gasteiger partial charge >= 0.3 is 0 Å². The number of carbonyl (C=O) groups is 1. The zero-order valence-corrected chi connectivity index (χ0v) is 11.6. The van der Waals surface area contributed by atoms with E-state index in [4.69, 9.17) is 10.9 Å². The third-order valence-electron chi connectivity index (χ3n) is 4.61. The summed E-state index contributed by atoms with van der Waals surface area (Å²) in [6.07, 6.45) is 5.20. The molecule has 1 rings (SSSR count). The molecule has 0 aromatic heterocycles. The van der Waals surface area contributed by atoms with Gasteiger partial charge in [0.1, 0.15) is 5.41 Å². The molecule has 4 N–H and O–H groups in total. The number of oxime groups is 1. The molecule has 0 spiro atoms. The smallest absolute Gasteiger partial charge is 0.234 e. The van der Waals surface area contributed by atoms with Gasteiger partial charge in [0.25, 0.3) is 0 Å². The van der Waals surface area contributed by atoms with Crippen LogP contribution in [0.1, 0.15) is 59.3 Å². The van der Waals surface area contributed by atoms with Crippen molar-refractivity contribution in [2.45, 2.75) is 64.8 Å². The van der Waals surface area contributed by atoms with Gasteiger partial charge in [0.2, 0.25) is 5.91 Å². The summed E-state index contributed by atoms with van der Waals surface area (Å²) < 4.78 is 0. The van der Waals surface area contributed by atoms with E-state index in [0.29, 0.717) is 12.8 Å². The van der Waals surface area contributed by atoms with Crippen LogP contribution in [0.2, 0.25) is 0 Å². The fourth-order valence-corrected chi connectivity index (χ4v) is 2.68. The number of nitrogens with one attached hydrogen (secondary N) is 1. The van der Waals surface area contributed by atoms with Gasteiger partial charge in [0.05, 0.1) is 0 Å². The molecular formula is C13H25N3O2. The number of hydrogen-bond acceptors (Lipinski definition) is 3. The Morgan fingerprint density at radius 1 is 1.39 bits per heavy atom. The molecule has 1 fully saturated rings. The number of carbonyl (C=O) groups excluding carboxylic acids is 1. The van der Waals surface area contributed by atoms with Gasteiger partial charge in [-0.05, 0) is 38.5 Å². The van der Waals surface area contributed by atoms with Crippen molar-refractivity contribution in [1.29, 1.82) is 0 Å². The first-order valence-corrected chi connectivity index (χ1v) is 6.81. The summed E-state index contributed by atoms with van der Waals surface area (Å²) in [5, 5.41) is 15.1. The van der Waals surface area contributed by atoms with Crippen LogP contribution in [0.25, 0.3) is 0 Å². The maximum atomic E-state index is 12.5. The first kappa shape index (κ1) is 14.8. The molecule has 18 heavy (non-hydrogen) atoms. The highest BCUT2D eigenvalue weighted by Gasteiger charge is 2.45. The Morgan fingerprint density at radius 2 is 1.94 bits per heavy atom. The van der Waals surface area contributed by atoms with Gasteiger partial charge in [-0.2, -0.15) is 0 Å². The monoisotopic (exact) mass is 255 g/mol. The Hall–Kier alpha value is -1.26.